The van der Waals surface area contributed by atoms with Gasteiger partial charge in [0.2, 0.25) is 0 Å². The summed E-state index contributed by atoms with van der Waals surface area (Å²) in [4.78, 5) is 1.68. The van der Waals surface area contributed by atoms with Crippen LogP contribution < -0.4 is 4.90 Å². The standard InChI is InChI=1S/C14H12N2/c15-12-16(14-9-5-2-6-10-14)11-13-7-3-1-4-8-13/h1-10H,11H2. The zero-order valence-corrected chi connectivity index (χ0v) is 8.88. The molecular weight excluding hydrogens is 196 g/mol. The van der Waals surface area contributed by atoms with Crippen molar-refractivity contribution < 1.29 is 0 Å². The van der Waals surface area contributed by atoms with Crippen molar-refractivity contribution in [2.24, 2.45) is 0 Å². The number of rotatable bonds is 3. The summed E-state index contributed by atoms with van der Waals surface area (Å²) >= 11 is 0. The molecule has 2 aromatic rings. The zero-order chi connectivity index (χ0) is 11.2. The Morgan fingerprint density at radius 1 is 0.875 bits per heavy atom. The Morgan fingerprint density at radius 3 is 2.00 bits per heavy atom. The van der Waals surface area contributed by atoms with E-state index in [1.54, 1.807) is 4.90 Å². The molecule has 0 atom stereocenters. The minimum atomic E-state index is 0.612. The number of nitrogens with zero attached hydrogens (tertiary/aromatic N) is 2. The van der Waals surface area contributed by atoms with Crippen LogP contribution in [0.15, 0.2) is 60.7 Å². The number of para-hydroxylation sites is 1. The Bertz CT molecular complexity index is 471. The van der Waals surface area contributed by atoms with Crippen molar-refractivity contribution in [1.82, 2.24) is 0 Å². The maximum absolute atomic E-state index is 9.12. The highest BCUT2D eigenvalue weighted by Crippen LogP contribution is 2.15. The van der Waals surface area contributed by atoms with Crippen LogP contribution in [0.1, 0.15) is 5.56 Å². The van der Waals surface area contributed by atoms with E-state index in [0.29, 0.717) is 6.54 Å². The molecule has 0 aromatic heterocycles. The van der Waals surface area contributed by atoms with Crippen LogP contribution >= 0.6 is 0 Å². The highest BCUT2D eigenvalue weighted by atomic mass is 15.1. The molecule has 0 amide bonds. The maximum Gasteiger partial charge on any atom is 0.184 e. The largest absolute Gasteiger partial charge is 0.275 e. The third-order valence-electron chi connectivity index (χ3n) is 2.37. The van der Waals surface area contributed by atoms with E-state index < -0.39 is 0 Å². The van der Waals surface area contributed by atoms with E-state index >= 15 is 0 Å². The minimum Gasteiger partial charge on any atom is -0.275 e. The summed E-state index contributed by atoms with van der Waals surface area (Å²) in [5.41, 5.74) is 2.06. The molecule has 16 heavy (non-hydrogen) atoms. The van der Waals surface area contributed by atoms with Crippen LogP contribution in [0, 0.1) is 11.5 Å². The summed E-state index contributed by atoms with van der Waals surface area (Å²) in [6.07, 6.45) is 2.20. The van der Waals surface area contributed by atoms with Gasteiger partial charge in [-0.1, -0.05) is 48.5 Å². The number of benzene rings is 2. The summed E-state index contributed by atoms with van der Waals surface area (Å²) in [5, 5.41) is 9.12. The average molecular weight is 208 g/mol. The van der Waals surface area contributed by atoms with E-state index in [1.165, 1.54) is 0 Å². The van der Waals surface area contributed by atoms with E-state index in [0.717, 1.165) is 11.3 Å². The quantitative estimate of drug-likeness (QED) is 0.572. The first-order valence-electron chi connectivity index (χ1n) is 5.16. The van der Waals surface area contributed by atoms with Gasteiger partial charge in [0, 0.05) is 0 Å². The summed E-state index contributed by atoms with van der Waals surface area (Å²) in [6.45, 7) is 0.612. The predicted molar refractivity (Wildman–Crippen MR) is 64.7 cm³/mol. The Morgan fingerprint density at radius 2 is 1.44 bits per heavy atom. The van der Waals surface area contributed by atoms with Gasteiger partial charge in [0.25, 0.3) is 0 Å². The van der Waals surface area contributed by atoms with Crippen LogP contribution in [0.3, 0.4) is 0 Å². The second-order valence-corrected chi connectivity index (χ2v) is 3.51. The van der Waals surface area contributed by atoms with Gasteiger partial charge in [0.15, 0.2) is 6.19 Å². The molecule has 0 bridgehead atoms. The number of hydrogen-bond donors (Lipinski definition) is 0. The highest BCUT2D eigenvalue weighted by Gasteiger charge is 2.04. The first-order valence-corrected chi connectivity index (χ1v) is 5.16. The Hall–Kier alpha value is -2.27. The molecule has 2 heteroatoms. The fourth-order valence-electron chi connectivity index (χ4n) is 1.56. The zero-order valence-electron chi connectivity index (χ0n) is 8.88. The summed E-state index contributed by atoms with van der Waals surface area (Å²) < 4.78 is 0. The highest BCUT2D eigenvalue weighted by molar-refractivity contribution is 5.50. The molecule has 0 N–H and O–H groups in total. The van der Waals surface area contributed by atoms with Gasteiger partial charge in [-0.15, -0.1) is 0 Å². The van der Waals surface area contributed by atoms with E-state index in [1.807, 2.05) is 60.7 Å². The molecule has 0 radical (unpaired) electrons. The Labute approximate surface area is 95.4 Å². The third-order valence-corrected chi connectivity index (χ3v) is 2.37. The van der Waals surface area contributed by atoms with Gasteiger partial charge < -0.3 is 0 Å². The second-order valence-electron chi connectivity index (χ2n) is 3.51. The van der Waals surface area contributed by atoms with Gasteiger partial charge in [-0.2, -0.15) is 5.26 Å². The van der Waals surface area contributed by atoms with Gasteiger partial charge in [0.1, 0.15) is 0 Å². The van der Waals surface area contributed by atoms with E-state index in [9.17, 15) is 0 Å². The molecule has 0 fully saturated rings. The fourth-order valence-corrected chi connectivity index (χ4v) is 1.56. The Kier molecular flexibility index (Phi) is 3.20. The molecule has 2 rings (SSSR count). The fraction of sp³-hybridized carbons (Fsp3) is 0.0714. The summed E-state index contributed by atoms with van der Waals surface area (Å²) in [6, 6.07) is 19.7. The van der Waals surface area contributed by atoms with Crippen molar-refractivity contribution in [2.45, 2.75) is 6.54 Å². The minimum absolute atomic E-state index is 0.612. The number of hydrogen-bond acceptors (Lipinski definition) is 2. The smallest absolute Gasteiger partial charge is 0.184 e. The van der Waals surface area contributed by atoms with Crippen molar-refractivity contribution in [3.05, 3.63) is 66.2 Å². The lowest BCUT2D eigenvalue weighted by Crippen LogP contribution is -2.15. The molecule has 0 aliphatic rings. The molecule has 0 saturated carbocycles. The van der Waals surface area contributed by atoms with E-state index in [-0.39, 0.29) is 0 Å². The van der Waals surface area contributed by atoms with Crippen LogP contribution in [0.5, 0.6) is 0 Å². The second kappa shape index (κ2) is 4.99. The molecule has 0 spiro atoms. The molecule has 78 valence electrons. The van der Waals surface area contributed by atoms with E-state index in [2.05, 4.69) is 6.19 Å². The van der Waals surface area contributed by atoms with Gasteiger partial charge in [-0.25, -0.2) is 0 Å². The first kappa shape index (κ1) is 10.3. The third kappa shape index (κ3) is 2.40. The predicted octanol–water partition coefficient (Wildman–Crippen LogP) is 3.17. The van der Waals surface area contributed by atoms with Crippen LogP contribution in [0.4, 0.5) is 5.69 Å². The molecule has 0 aliphatic heterocycles. The lowest BCUT2D eigenvalue weighted by Gasteiger charge is -2.15. The number of anilines is 1. The first-order chi connectivity index (χ1) is 7.90. The van der Waals surface area contributed by atoms with E-state index in [4.69, 9.17) is 5.26 Å². The van der Waals surface area contributed by atoms with Crippen molar-refractivity contribution in [3.8, 4) is 6.19 Å². The van der Waals surface area contributed by atoms with Crippen molar-refractivity contribution in [2.75, 3.05) is 4.90 Å². The van der Waals surface area contributed by atoms with Gasteiger partial charge in [0.05, 0.1) is 12.2 Å². The van der Waals surface area contributed by atoms with Crippen LogP contribution in [-0.4, -0.2) is 0 Å². The molecule has 2 aromatic carbocycles. The van der Waals surface area contributed by atoms with Crippen LogP contribution in [0.2, 0.25) is 0 Å². The molecule has 0 saturated heterocycles. The molecular formula is C14H12N2. The molecule has 2 nitrogen and oxygen atoms in total. The normalized spacial score (nSPS) is 9.44. The van der Waals surface area contributed by atoms with Gasteiger partial charge in [-0.05, 0) is 17.7 Å². The molecule has 0 unspecified atom stereocenters. The number of nitriles is 1. The SMILES string of the molecule is N#CN(Cc1ccccc1)c1ccccc1. The lowest BCUT2D eigenvalue weighted by atomic mass is 10.2. The van der Waals surface area contributed by atoms with Crippen molar-refractivity contribution in [3.63, 3.8) is 0 Å². The van der Waals surface area contributed by atoms with Crippen molar-refractivity contribution >= 4 is 5.69 Å². The van der Waals surface area contributed by atoms with Crippen LogP contribution in [0.25, 0.3) is 0 Å². The average Bonchev–Trinajstić information content (AvgIpc) is 2.38. The molecule has 0 aliphatic carbocycles. The lowest BCUT2D eigenvalue weighted by molar-refractivity contribution is 0.978. The Balaban J connectivity index is 2.17. The van der Waals surface area contributed by atoms with Gasteiger partial charge in [-0.3, -0.25) is 4.90 Å². The van der Waals surface area contributed by atoms with Crippen molar-refractivity contribution in [1.29, 1.82) is 5.26 Å². The topological polar surface area (TPSA) is 27.0 Å². The molecule has 0 heterocycles. The van der Waals surface area contributed by atoms with Gasteiger partial charge >= 0.3 is 0 Å². The summed E-state index contributed by atoms with van der Waals surface area (Å²) in [7, 11) is 0. The maximum atomic E-state index is 9.12. The van der Waals surface area contributed by atoms with Crippen LogP contribution in [-0.2, 0) is 6.54 Å². The summed E-state index contributed by atoms with van der Waals surface area (Å²) in [5.74, 6) is 0. The monoisotopic (exact) mass is 208 g/mol.